The molecule has 1 amide bonds. The Morgan fingerprint density at radius 3 is 2.88 bits per heavy atom. The van der Waals surface area contributed by atoms with Gasteiger partial charge in [-0.2, -0.15) is 5.10 Å². The molecule has 1 aliphatic carbocycles. The van der Waals surface area contributed by atoms with Gasteiger partial charge in [-0.1, -0.05) is 6.42 Å². The van der Waals surface area contributed by atoms with Gasteiger partial charge in [0.2, 0.25) is 0 Å². The van der Waals surface area contributed by atoms with Gasteiger partial charge < -0.3 is 15.4 Å². The largest absolute Gasteiger partial charge is 0.444 e. The number of H-pyrrole nitrogens is 1. The molecule has 2 heterocycles. The summed E-state index contributed by atoms with van der Waals surface area (Å²) in [4.78, 5) is 12.0. The average Bonchev–Trinajstić information content (AvgIpc) is 3.24. The summed E-state index contributed by atoms with van der Waals surface area (Å²) in [6, 6.07) is 1.18. The van der Waals surface area contributed by atoms with Crippen LogP contribution in [0.3, 0.4) is 0 Å². The van der Waals surface area contributed by atoms with Crippen molar-refractivity contribution >= 4 is 11.9 Å². The topological polar surface area (TPSA) is 91.1 Å². The Bertz CT molecular complexity index is 574. The van der Waals surface area contributed by atoms with Gasteiger partial charge in [-0.3, -0.25) is 10.4 Å². The van der Waals surface area contributed by atoms with Crippen molar-refractivity contribution in [2.24, 2.45) is 5.92 Å². The molecule has 0 radical (unpaired) electrons. The van der Waals surface area contributed by atoms with E-state index in [2.05, 4.69) is 26.1 Å². The van der Waals surface area contributed by atoms with Gasteiger partial charge in [0, 0.05) is 24.2 Å². The number of nitrogens with zero attached hydrogens (tertiary/aromatic N) is 1. The zero-order valence-corrected chi connectivity index (χ0v) is 15.5. The first kappa shape index (κ1) is 18.2. The Hall–Kier alpha value is -1.60. The highest BCUT2D eigenvalue weighted by Crippen LogP contribution is 2.32. The fraction of sp³-hybridized carbons (Fsp3) is 0.778. The maximum Gasteiger partial charge on any atom is 0.413 e. The molecule has 1 aromatic rings. The van der Waals surface area contributed by atoms with E-state index in [1.54, 1.807) is 6.20 Å². The summed E-state index contributed by atoms with van der Waals surface area (Å²) in [6.07, 6.45) is 7.68. The smallest absolute Gasteiger partial charge is 0.413 e. The Morgan fingerprint density at radius 2 is 2.16 bits per heavy atom. The van der Waals surface area contributed by atoms with Gasteiger partial charge in [-0.05, 0) is 58.9 Å². The molecule has 0 bridgehead atoms. The molecule has 1 aliphatic heterocycles. The van der Waals surface area contributed by atoms with E-state index in [-0.39, 0.29) is 0 Å². The number of nitrogens with one attached hydrogen (secondary N) is 4. The number of anilines is 1. The van der Waals surface area contributed by atoms with E-state index in [1.165, 1.54) is 32.1 Å². The standard InChI is InChI=1S/C18H31N5O2/c1-18(2,3)25-17(24)22-16-12(11-21-23-16)10-20-15-7-4-6-13(15)14-8-5-9-19-14/h11,13-15,19-20H,4-10H2,1-3H3,(H2,21,22,23,24). The molecule has 7 nitrogen and oxygen atoms in total. The van der Waals surface area contributed by atoms with E-state index in [0.29, 0.717) is 30.4 Å². The molecule has 2 fully saturated rings. The molecule has 7 heteroatoms. The molecule has 4 N–H and O–H groups in total. The third-order valence-electron chi connectivity index (χ3n) is 5.08. The normalized spacial score (nSPS) is 26.8. The zero-order chi connectivity index (χ0) is 17.9. The lowest BCUT2D eigenvalue weighted by Gasteiger charge is -2.26. The summed E-state index contributed by atoms with van der Waals surface area (Å²) in [5.41, 5.74) is 0.435. The lowest BCUT2D eigenvalue weighted by atomic mass is 9.93. The van der Waals surface area contributed by atoms with Crippen LogP contribution in [0.25, 0.3) is 0 Å². The van der Waals surface area contributed by atoms with Crippen molar-refractivity contribution < 1.29 is 9.53 Å². The maximum atomic E-state index is 12.0. The minimum Gasteiger partial charge on any atom is -0.444 e. The highest BCUT2D eigenvalue weighted by Gasteiger charge is 2.34. The molecule has 140 valence electrons. The first-order chi connectivity index (χ1) is 11.9. The third-order valence-corrected chi connectivity index (χ3v) is 5.08. The number of aromatic amines is 1. The fourth-order valence-corrected chi connectivity index (χ4v) is 4.00. The van der Waals surface area contributed by atoms with Crippen LogP contribution in [0.5, 0.6) is 0 Å². The van der Waals surface area contributed by atoms with E-state index < -0.39 is 11.7 Å². The molecule has 0 spiro atoms. The van der Waals surface area contributed by atoms with Crippen molar-refractivity contribution in [3.05, 3.63) is 11.8 Å². The van der Waals surface area contributed by atoms with E-state index in [9.17, 15) is 4.79 Å². The Morgan fingerprint density at radius 1 is 1.32 bits per heavy atom. The first-order valence-electron chi connectivity index (χ1n) is 9.41. The van der Waals surface area contributed by atoms with Gasteiger partial charge in [0.05, 0.1) is 6.20 Å². The molecule has 1 saturated carbocycles. The van der Waals surface area contributed by atoms with Gasteiger partial charge in [0.15, 0.2) is 0 Å². The van der Waals surface area contributed by atoms with Gasteiger partial charge in [-0.15, -0.1) is 0 Å². The van der Waals surface area contributed by atoms with Gasteiger partial charge in [0.25, 0.3) is 0 Å². The number of aromatic nitrogens is 2. The first-order valence-corrected chi connectivity index (χ1v) is 9.41. The van der Waals surface area contributed by atoms with E-state index in [1.807, 2.05) is 20.8 Å². The minimum atomic E-state index is -0.520. The molecule has 1 aromatic heterocycles. The van der Waals surface area contributed by atoms with Crippen LogP contribution in [0, 0.1) is 5.92 Å². The highest BCUT2D eigenvalue weighted by molar-refractivity contribution is 5.84. The van der Waals surface area contributed by atoms with Gasteiger partial charge in [0.1, 0.15) is 11.4 Å². The number of amides is 1. The second kappa shape index (κ2) is 7.74. The van der Waals surface area contributed by atoms with E-state index in [0.717, 1.165) is 12.1 Å². The summed E-state index contributed by atoms with van der Waals surface area (Å²) in [7, 11) is 0. The predicted molar refractivity (Wildman–Crippen MR) is 97.4 cm³/mol. The molecule has 1 saturated heterocycles. The van der Waals surface area contributed by atoms with Crippen molar-refractivity contribution in [2.45, 2.75) is 77.1 Å². The third kappa shape index (κ3) is 4.95. The molecule has 0 aromatic carbocycles. The lowest BCUT2D eigenvalue weighted by molar-refractivity contribution is 0.0635. The van der Waals surface area contributed by atoms with Crippen molar-refractivity contribution in [3.63, 3.8) is 0 Å². The number of rotatable bonds is 5. The number of carbonyl (C=O) groups is 1. The summed E-state index contributed by atoms with van der Waals surface area (Å²) in [6.45, 7) is 7.38. The van der Waals surface area contributed by atoms with Crippen LogP contribution in [0.2, 0.25) is 0 Å². The SMILES string of the molecule is CC(C)(C)OC(=O)Nc1[nH]ncc1CNC1CCCC1C1CCCN1. The van der Waals surface area contributed by atoms with Crippen molar-refractivity contribution in [1.82, 2.24) is 20.8 Å². The lowest BCUT2D eigenvalue weighted by Crippen LogP contribution is -2.41. The van der Waals surface area contributed by atoms with E-state index in [4.69, 9.17) is 4.74 Å². The number of ether oxygens (including phenoxy) is 1. The summed E-state index contributed by atoms with van der Waals surface area (Å²) in [5.74, 6) is 1.31. The molecule has 3 atom stereocenters. The van der Waals surface area contributed by atoms with Crippen molar-refractivity contribution in [1.29, 1.82) is 0 Å². The fourth-order valence-electron chi connectivity index (χ4n) is 4.00. The van der Waals surface area contributed by atoms with Crippen LogP contribution < -0.4 is 16.0 Å². The molecular formula is C18H31N5O2. The number of hydrogen-bond acceptors (Lipinski definition) is 5. The van der Waals surface area contributed by atoms with Gasteiger partial charge >= 0.3 is 6.09 Å². The van der Waals surface area contributed by atoms with Gasteiger partial charge in [-0.25, -0.2) is 4.79 Å². The van der Waals surface area contributed by atoms with Crippen LogP contribution >= 0.6 is 0 Å². The maximum absolute atomic E-state index is 12.0. The highest BCUT2D eigenvalue weighted by atomic mass is 16.6. The molecule has 3 rings (SSSR count). The van der Waals surface area contributed by atoms with Crippen LogP contribution in [0.4, 0.5) is 10.6 Å². The van der Waals surface area contributed by atoms with Crippen LogP contribution in [0.1, 0.15) is 58.4 Å². The zero-order valence-electron chi connectivity index (χ0n) is 15.5. The summed E-state index contributed by atoms with van der Waals surface area (Å²) < 4.78 is 5.30. The van der Waals surface area contributed by atoms with Crippen LogP contribution in [-0.4, -0.2) is 40.5 Å². The summed E-state index contributed by atoms with van der Waals surface area (Å²) in [5, 5.41) is 17.0. The second-order valence-corrected chi connectivity index (χ2v) is 8.18. The quantitative estimate of drug-likeness (QED) is 0.656. The molecule has 25 heavy (non-hydrogen) atoms. The number of carbonyl (C=O) groups excluding carboxylic acids is 1. The van der Waals surface area contributed by atoms with E-state index >= 15 is 0 Å². The molecule has 2 aliphatic rings. The molecular weight excluding hydrogens is 318 g/mol. The Kier molecular flexibility index (Phi) is 5.64. The Balaban J connectivity index is 1.53. The predicted octanol–water partition coefficient (Wildman–Crippen LogP) is 2.77. The van der Waals surface area contributed by atoms with Crippen LogP contribution in [0.15, 0.2) is 6.20 Å². The average molecular weight is 349 g/mol. The van der Waals surface area contributed by atoms with Crippen LogP contribution in [-0.2, 0) is 11.3 Å². The van der Waals surface area contributed by atoms with Crippen molar-refractivity contribution in [3.8, 4) is 0 Å². The summed E-state index contributed by atoms with van der Waals surface area (Å²) >= 11 is 0. The minimum absolute atomic E-state index is 0.466. The number of hydrogen-bond donors (Lipinski definition) is 4. The molecule has 3 unspecified atom stereocenters. The Labute approximate surface area is 149 Å². The van der Waals surface area contributed by atoms with Crippen molar-refractivity contribution in [2.75, 3.05) is 11.9 Å². The monoisotopic (exact) mass is 349 g/mol. The second-order valence-electron chi connectivity index (χ2n) is 8.18.